The van der Waals surface area contributed by atoms with E-state index in [1.165, 1.54) is 6.92 Å². The molecule has 1 spiro atoms. The lowest BCUT2D eigenvalue weighted by Crippen LogP contribution is -2.61. The van der Waals surface area contributed by atoms with E-state index < -0.39 is 84.4 Å². The van der Waals surface area contributed by atoms with Gasteiger partial charge in [0, 0.05) is 74.8 Å². The maximum absolute atomic E-state index is 15.4. The van der Waals surface area contributed by atoms with E-state index in [0.717, 1.165) is 97.1 Å². The monoisotopic (exact) mass is 1420 g/mol. The van der Waals surface area contributed by atoms with Gasteiger partial charge in [0.15, 0.2) is 11.5 Å². The number of anilines is 3. The molecule has 0 bridgehead atoms. The van der Waals surface area contributed by atoms with Crippen molar-refractivity contribution >= 4 is 69.9 Å². The molecule has 3 saturated carbocycles. The minimum Gasteiger partial charge on any atom is -0.497 e. The van der Waals surface area contributed by atoms with E-state index in [0.29, 0.717) is 79.6 Å². The maximum atomic E-state index is 15.4. The number of carbonyl (C=O) groups is 8. The van der Waals surface area contributed by atoms with E-state index in [1.807, 2.05) is 113 Å². The predicted octanol–water partition coefficient (Wildman–Crippen LogP) is 7.10. The highest BCUT2D eigenvalue weighted by Gasteiger charge is 2.63. The van der Waals surface area contributed by atoms with Crippen LogP contribution in [-0.2, 0) is 56.0 Å². The van der Waals surface area contributed by atoms with Crippen molar-refractivity contribution in [2.24, 2.45) is 16.7 Å². The van der Waals surface area contributed by atoms with Crippen LogP contribution in [0.1, 0.15) is 142 Å². The van der Waals surface area contributed by atoms with E-state index in [1.54, 1.807) is 45.1 Å². The fraction of sp³-hybridized carbons (Fsp3) is 0.475. The van der Waals surface area contributed by atoms with Gasteiger partial charge in [-0.1, -0.05) is 80.3 Å². The first kappa shape index (κ1) is 72.5. The zero-order valence-corrected chi connectivity index (χ0v) is 59.7. The molecule has 8 amide bonds. The maximum Gasteiger partial charge on any atom is 0.260 e. The number of para-hydroxylation sites is 1. The molecule has 5 aromatic carbocycles. The molecule has 2 saturated heterocycles. The summed E-state index contributed by atoms with van der Waals surface area (Å²) in [6.07, 6.45) is 8.75. The number of fused-ring (bicyclic) bond motifs is 6. The summed E-state index contributed by atoms with van der Waals surface area (Å²) >= 11 is 0. The molecule has 104 heavy (non-hydrogen) atoms. The highest BCUT2D eigenvalue weighted by Crippen LogP contribution is 2.58. The number of aliphatic hydroxyl groups excluding tert-OH is 1. The van der Waals surface area contributed by atoms with Gasteiger partial charge in [-0.2, -0.15) is 0 Å². The number of nitrogens with zero attached hydrogens (tertiary/aromatic N) is 3. The van der Waals surface area contributed by atoms with Crippen LogP contribution in [0.3, 0.4) is 0 Å². The average Bonchev–Trinajstić information content (AvgIpc) is 1.58. The number of unbranched alkanes of at least 4 members (excludes halogenated alkanes) is 2. The van der Waals surface area contributed by atoms with E-state index in [4.69, 9.17) is 23.7 Å². The number of rotatable bonds is 28. The molecule has 8 aliphatic rings. The summed E-state index contributed by atoms with van der Waals surface area (Å²) in [5.74, 6) is 4.46. The normalized spacial score (nSPS) is 23.0. The van der Waals surface area contributed by atoms with Crippen LogP contribution < -0.4 is 56.3 Å². The second-order valence-corrected chi connectivity index (χ2v) is 29.4. The van der Waals surface area contributed by atoms with Crippen molar-refractivity contribution in [1.82, 2.24) is 36.4 Å². The SMILES string of the molecule is COc1ccc(C2=CN3C(=O)c4cc(OC5CC5)c(OCCCCCOC5CC6NC(O)[C@@H]7CC8(CC8)CN7C(=O)C6(Cc6ccc(NC(=O)[C@H](C)NC(=O)[C@@H](NC(=O)CNC(=O)CNC(=O)CCC(=O)N7Cc8ccccc8C#Cc8ccccc87)C(C)C)cc6)CC5OC)cc4NC[C@@H]3C2)cc1. The third kappa shape index (κ3) is 16.6. The van der Waals surface area contributed by atoms with Gasteiger partial charge >= 0.3 is 0 Å². The zero-order valence-electron chi connectivity index (χ0n) is 59.7. The van der Waals surface area contributed by atoms with Crippen molar-refractivity contribution in [3.63, 3.8) is 0 Å². The van der Waals surface area contributed by atoms with Crippen LogP contribution in [0.25, 0.3) is 5.57 Å². The quantitative estimate of drug-likeness (QED) is 0.0183. The van der Waals surface area contributed by atoms with Gasteiger partial charge < -0.3 is 75.4 Å². The molecule has 5 heterocycles. The third-order valence-corrected chi connectivity index (χ3v) is 21.6. The largest absolute Gasteiger partial charge is 0.497 e. The first-order chi connectivity index (χ1) is 50.3. The zero-order chi connectivity index (χ0) is 72.8. The number of carbonyl (C=O) groups excluding carboxylic acids is 8. The van der Waals surface area contributed by atoms with Crippen LogP contribution in [0.4, 0.5) is 17.1 Å². The van der Waals surface area contributed by atoms with Crippen molar-refractivity contribution in [1.29, 1.82) is 0 Å². The average molecular weight is 1420 g/mol. The molecule has 5 fully saturated rings. The molecule has 3 aliphatic carbocycles. The highest BCUT2D eigenvalue weighted by atomic mass is 16.5. The summed E-state index contributed by atoms with van der Waals surface area (Å²) in [4.78, 5) is 115. The lowest BCUT2D eigenvalue weighted by atomic mass is 9.64. The van der Waals surface area contributed by atoms with Gasteiger partial charge in [-0.3, -0.25) is 43.7 Å². The van der Waals surface area contributed by atoms with Crippen LogP contribution in [0, 0.1) is 28.6 Å². The number of nitrogens with one attached hydrogen (secondary N) is 7. The Morgan fingerprint density at radius 3 is 2.24 bits per heavy atom. The van der Waals surface area contributed by atoms with E-state index >= 15 is 4.79 Å². The summed E-state index contributed by atoms with van der Waals surface area (Å²) in [5, 5.41) is 32.2. The van der Waals surface area contributed by atoms with Crippen LogP contribution >= 0.6 is 0 Å². The molecule has 5 unspecified atom stereocenters. The van der Waals surface area contributed by atoms with Gasteiger partial charge in [0.1, 0.15) is 24.1 Å². The second-order valence-electron chi connectivity index (χ2n) is 29.4. The van der Waals surface area contributed by atoms with Crippen LogP contribution in [0.15, 0.2) is 115 Å². The smallest absolute Gasteiger partial charge is 0.260 e. The Morgan fingerprint density at radius 2 is 1.49 bits per heavy atom. The standard InChI is InChI=1S/C80H94N10O14/c1-48(2)73(87-71(93)44-83-70(92)43-82-69(91)29-30-72(94)89-45-54-15-8-7-13-51(54)19-20-53-14-9-10-16-62(53)89)76(97)84-49(3)74(95)85-56-23-17-50(18-24-56)39-80-41-67(101-5)65(38-68(80)86-75(96)63-40-79(31-32-79)47-90(63)78(80)99)103-34-12-6-11-33-102-64-37-61-60(36-66(64)104-59-27-28-59)77(98)88-46-55(35-57(88)42-81-61)52-21-25-58(100-4)26-22-52/h7-10,13-18,21-26,36-37,46,48-49,57,59,63,65,67-68,73,75,81,86,96H,6,11-12,27-35,38-45,47H2,1-5H3,(H,82,91)(H,83,92)(H,84,97)(H,85,95)(H,87,93)/t49-,57-,63-,65?,67?,68?,73-,75?,80?/m0/s1. The molecule has 24 heteroatoms. The van der Waals surface area contributed by atoms with Gasteiger partial charge in [-0.15, -0.1) is 0 Å². The highest BCUT2D eigenvalue weighted by molar-refractivity contribution is 6.03. The Hall–Kier alpha value is -9.80. The first-order valence-electron chi connectivity index (χ1n) is 36.6. The number of aliphatic hydroxyl groups is 1. The molecule has 0 aromatic heterocycles. The summed E-state index contributed by atoms with van der Waals surface area (Å²) in [6.45, 7) is 6.34. The van der Waals surface area contributed by atoms with Crippen LogP contribution in [0.2, 0.25) is 0 Å². The second kappa shape index (κ2) is 31.7. The van der Waals surface area contributed by atoms with Gasteiger partial charge in [0.25, 0.3) is 5.91 Å². The van der Waals surface area contributed by atoms with Crippen molar-refractivity contribution < 1.29 is 67.1 Å². The fourth-order valence-corrected chi connectivity index (χ4v) is 15.3. The summed E-state index contributed by atoms with van der Waals surface area (Å²) in [5.41, 5.74) is 6.72. The number of amides is 8. The van der Waals surface area contributed by atoms with Gasteiger partial charge in [0.2, 0.25) is 41.4 Å². The molecule has 13 rings (SSSR count). The first-order valence-corrected chi connectivity index (χ1v) is 36.6. The minimum absolute atomic E-state index is 0.0130. The Labute approximate surface area is 606 Å². The number of methoxy groups -OCH3 is 2. The van der Waals surface area contributed by atoms with Crippen molar-refractivity contribution in [3.05, 3.63) is 149 Å². The minimum atomic E-state index is -1.08. The molecule has 5 aromatic rings. The Kier molecular flexibility index (Phi) is 22.1. The van der Waals surface area contributed by atoms with Gasteiger partial charge in [-0.25, -0.2) is 0 Å². The van der Waals surface area contributed by atoms with Crippen LogP contribution in [0.5, 0.6) is 17.2 Å². The van der Waals surface area contributed by atoms with E-state index in [-0.39, 0.29) is 66.8 Å². The van der Waals surface area contributed by atoms with Crippen LogP contribution in [-0.4, -0.2) is 171 Å². The van der Waals surface area contributed by atoms with Gasteiger partial charge in [-0.05, 0) is 166 Å². The topological polar surface area (TPSA) is 297 Å². The fourth-order valence-electron chi connectivity index (χ4n) is 15.3. The summed E-state index contributed by atoms with van der Waals surface area (Å²) < 4.78 is 31.1. The lowest BCUT2D eigenvalue weighted by Gasteiger charge is -2.48. The molecular formula is C80H94N10O14. The molecule has 24 nitrogen and oxygen atoms in total. The number of benzene rings is 5. The lowest BCUT2D eigenvalue weighted by molar-refractivity contribution is -0.158. The van der Waals surface area contributed by atoms with Gasteiger partial charge in [0.05, 0.1) is 86.1 Å². The Morgan fingerprint density at radius 1 is 0.760 bits per heavy atom. The molecule has 548 valence electrons. The Balaban J connectivity index is 0.565. The molecule has 0 radical (unpaired) electrons. The predicted molar refractivity (Wildman–Crippen MR) is 389 cm³/mol. The van der Waals surface area contributed by atoms with Crippen molar-refractivity contribution in [2.75, 3.05) is 69.1 Å². The van der Waals surface area contributed by atoms with E-state index in [9.17, 15) is 38.7 Å². The number of hydrogen-bond donors (Lipinski definition) is 8. The molecule has 9 atom stereocenters. The molecule has 8 N–H and O–H groups in total. The molecular weight excluding hydrogens is 1320 g/mol. The summed E-state index contributed by atoms with van der Waals surface area (Å²) in [7, 11) is 3.30. The van der Waals surface area contributed by atoms with Crippen molar-refractivity contribution in [3.8, 4) is 29.1 Å². The molecule has 5 aliphatic heterocycles. The number of hydrogen-bond acceptors (Lipinski definition) is 16. The third-order valence-electron chi connectivity index (χ3n) is 21.6. The Bertz CT molecular complexity index is 4160. The van der Waals surface area contributed by atoms with Crippen molar-refractivity contribution in [2.45, 2.75) is 172 Å². The van der Waals surface area contributed by atoms with E-state index in [2.05, 4.69) is 49.1 Å². The number of ether oxygens (including phenoxy) is 5. The summed E-state index contributed by atoms with van der Waals surface area (Å²) in [6, 6.07) is 30.8.